The van der Waals surface area contributed by atoms with Crippen LogP contribution in [0.15, 0.2) is 18.2 Å². The number of hydrogen-bond acceptors (Lipinski definition) is 3. The Balaban J connectivity index is 2.16. The third kappa shape index (κ3) is 4.16. The van der Waals surface area contributed by atoms with E-state index >= 15 is 0 Å². The molecule has 1 atom stereocenters. The summed E-state index contributed by atoms with van der Waals surface area (Å²) >= 11 is 0. The van der Waals surface area contributed by atoms with Gasteiger partial charge in [-0.15, -0.1) is 0 Å². The number of rotatable bonds is 6. The van der Waals surface area contributed by atoms with E-state index in [0.29, 0.717) is 6.54 Å². The number of aryl methyl sites for hydroxylation is 2. The molecule has 134 valence electrons. The number of carbonyl (C=O) groups is 1. The molecule has 1 aromatic carbocycles. The van der Waals surface area contributed by atoms with Crippen molar-refractivity contribution in [3.63, 3.8) is 0 Å². The number of nitrogens with one attached hydrogen (secondary N) is 1. The van der Waals surface area contributed by atoms with Crippen molar-refractivity contribution in [2.45, 2.75) is 46.5 Å². The molecule has 6 heteroatoms. The van der Waals surface area contributed by atoms with E-state index in [2.05, 4.69) is 19.2 Å². The molecule has 1 N–H and O–H groups in total. The Bertz CT molecular complexity index is 663. The lowest BCUT2D eigenvalue weighted by Crippen LogP contribution is -2.44. The standard InChI is InChI=1S/C18H28N2O3S/c1-4-14-9-7-10-15(5-2)17(14)19-18(21)16-11-8-12-20(13-16)24(22,23)6-3/h7,9-10,16H,4-6,8,11-13H2,1-3H3,(H,19,21)/t16-/m1/s1. The van der Waals surface area contributed by atoms with Crippen molar-refractivity contribution in [3.8, 4) is 0 Å². The van der Waals surface area contributed by atoms with Gasteiger partial charge in [-0.25, -0.2) is 12.7 Å². The quantitative estimate of drug-likeness (QED) is 0.856. The van der Waals surface area contributed by atoms with Gasteiger partial charge in [0.05, 0.1) is 11.7 Å². The van der Waals surface area contributed by atoms with Gasteiger partial charge in [0.25, 0.3) is 0 Å². The minimum atomic E-state index is -3.23. The predicted molar refractivity (Wildman–Crippen MR) is 97.6 cm³/mol. The number of para-hydroxylation sites is 1. The molecule has 1 amide bonds. The Hall–Kier alpha value is -1.40. The molecule has 0 radical (unpaired) electrons. The van der Waals surface area contributed by atoms with E-state index in [-0.39, 0.29) is 24.1 Å². The minimum Gasteiger partial charge on any atom is -0.325 e. The van der Waals surface area contributed by atoms with Gasteiger partial charge in [0, 0.05) is 18.8 Å². The Morgan fingerprint density at radius 3 is 2.38 bits per heavy atom. The highest BCUT2D eigenvalue weighted by Crippen LogP contribution is 2.26. The van der Waals surface area contributed by atoms with E-state index in [0.717, 1.165) is 42.5 Å². The highest BCUT2D eigenvalue weighted by Gasteiger charge is 2.31. The topological polar surface area (TPSA) is 66.5 Å². The second-order valence-corrected chi connectivity index (χ2v) is 8.50. The zero-order valence-electron chi connectivity index (χ0n) is 14.8. The van der Waals surface area contributed by atoms with Crippen LogP contribution in [0.5, 0.6) is 0 Å². The molecule has 0 aliphatic carbocycles. The second-order valence-electron chi connectivity index (χ2n) is 6.25. The third-order valence-electron chi connectivity index (χ3n) is 4.76. The van der Waals surface area contributed by atoms with Gasteiger partial charge in [0.15, 0.2) is 0 Å². The normalized spacial score (nSPS) is 19.2. The summed E-state index contributed by atoms with van der Waals surface area (Å²) in [5.41, 5.74) is 3.15. The van der Waals surface area contributed by atoms with Crippen LogP contribution in [0.2, 0.25) is 0 Å². The van der Waals surface area contributed by atoms with E-state index in [4.69, 9.17) is 0 Å². The number of anilines is 1. The Morgan fingerprint density at radius 2 is 1.83 bits per heavy atom. The predicted octanol–water partition coefficient (Wildman–Crippen LogP) is 2.81. The molecule has 1 aliphatic heterocycles. The molecule has 24 heavy (non-hydrogen) atoms. The van der Waals surface area contributed by atoms with Gasteiger partial charge in [-0.2, -0.15) is 0 Å². The first-order chi connectivity index (χ1) is 11.4. The van der Waals surface area contributed by atoms with Crippen molar-refractivity contribution in [2.24, 2.45) is 5.92 Å². The minimum absolute atomic E-state index is 0.0680. The second kappa shape index (κ2) is 8.12. The Labute approximate surface area is 145 Å². The number of amides is 1. The van der Waals surface area contributed by atoms with E-state index in [1.54, 1.807) is 6.92 Å². The number of hydrogen-bond donors (Lipinski definition) is 1. The van der Waals surface area contributed by atoms with Gasteiger partial charge in [0.1, 0.15) is 0 Å². The maximum absolute atomic E-state index is 12.7. The Kier molecular flexibility index (Phi) is 6.40. The average molecular weight is 353 g/mol. The summed E-state index contributed by atoms with van der Waals surface area (Å²) in [6.07, 6.45) is 3.17. The van der Waals surface area contributed by atoms with Gasteiger partial charge in [-0.05, 0) is 43.7 Å². The molecule has 1 aromatic rings. The van der Waals surface area contributed by atoms with Gasteiger partial charge in [-0.1, -0.05) is 32.0 Å². The summed E-state index contributed by atoms with van der Waals surface area (Å²) < 4.78 is 25.6. The molecule has 0 spiro atoms. The SMILES string of the molecule is CCc1cccc(CC)c1NC(=O)[C@@H]1CCCN(S(=O)(=O)CC)C1. The van der Waals surface area contributed by atoms with Crippen molar-refractivity contribution in [1.29, 1.82) is 0 Å². The first kappa shape index (κ1) is 18.9. The summed E-state index contributed by atoms with van der Waals surface area (Å²) in [7, 11) is -3.23. The van der Waals surface area contributed by atoms with E-state index < -0.39 is 10.0 Å². The molecule has 5 nitrogen and oxygen atoms in total. The molecular weight excluding hydrogens is 324 g/mol. The largest absolute Gasteiger partial charge is 0.325 e. The van der Waals surface area contributed by atoms with Crippen LogP contribution in [0.25, 0.3) is 0 Å². The van der Waals surface area contributed by atoms with Gasteiger partial charge >= 0.3 is 0 Å². The molecule has 0 aromatic heterocycles. The monoisotopic (exact) mass is 352 g/mol. The number of sulfonamides is 1. The van der Waals surface area contributed by atoms with Crippen molar-refractivity contribution < 1.29 is 13.2 Å². The zero-order valence-corrected chi connectivity index (χ0v) is 15.7. The third-order valence-corrected chi connectivity index (χ3v) is 6.61. The lowest BCUT2D eigenvalue weighted by molar-refractivity contribution is -0.120. The summed E-state index contributed by atoms with van der Waals surface area (Å²) in [5, 5.41) is 3.08. The van der Waals surface area contributed by atoms with Crippen molar-refractivity contribution >= 4 is 21.6 Å². The molecule has 1 saturated heterocycles. The van der Waals surface area contributed by atoms with Crippen LogP contribution < -0.4 is 5.32 Å². The smallest absolute Gasteiger partial charge is 0.228 e. The highest BCUT2D eigenvalue weighted by molar-refractivity contribution is 7.89. The van der Waals surface area contributed by atoms with Crippen LogP contribution in [0.3, 0.4) is 0 Å². The Morgan fingerprint density at radius 1 is 1.21 bits per heavy atom. The van der Waals surface area contributed by atoms with E-state index in [1.807, 2.05) is 18.2 Å². The van der Waals surface area contributed by atoms with Crippen molar-refractivity contribution in [2.75, 3.05) is 24.2 Å². The summed E-state index contributed by atoms with van der Waals surface area (Å²) in [5.74, 6) is -0.267. The van der Waals surface area contributed by atoms with E-state index in [9.17, 15) is 13.2 Å². The molecule has 1 fully saturated rings. The van der Waals surface area contributed by atoms with Crippen LogP contribution in [0.4, 0.5) is 5.69 Å². The van der Waals surface area contributed by atoms with E-state index in [1.165, 1.54) is 4.31 Å². The highest BCUT2D eigenvalue weighted by atomic mass is 32.2. The molecule has 1 heterocycles. The summed E-state index contributed by atoms with van der Waals surface area (Å²) in [4.78, 5) is 12.7. The van der Waals surface area contributed by atoms with Crippen molar-refractivity contribution in [1.82, 2.24) is 4.31 Å². The van der Waals surface area contributed by atoms with Gasteiger partial charge in [0.2, 0.25) is 15.9 Å². The van der Waals surface area contributed by atoms with Crippen LogP contribution in [-0.2, 0) is 27.7 Å². The fourth-order valence-corrected chi connectivity index (χ4v) is 4.40. The fraction of sp³-hybridized carbons (Fsp3) is 0.611. The first-order valence-electron chi connectivity index (χ1n) is 8.82. The summed E-state index contributed by atoms with van der Waals surface area (Å²) in [6, 6.07) is 6.08. The maximum atomic E-state index is 12.7. The van der Waals surface area contributed by atoms with Crippen LogP contribution in [0.1, 0.15) is 44.7 Å². The number of benzene rings is 1. The summed E-state index contributed by atoms with van der Waals surface area (Å²) in [6.45, 7) is 6.59. The number of carbonyl (C=O) groups excluding carboxylic acids is 1. The lowest BCUT2D eigenvalue weighted by Gasteiger charge is -2.31. The molecular formula is C18H28N2O3S. The van der Waals surface area contributed by atoms with Gasteiger partial charge in [-0.3, -0.25) is 4.79 Å². The fourth-order valence-electron chi connectivity index (χ4n) is 3.22. The van der Waals surface area contributed by atoms with Crippen molar-refractivity contribution in [3.05, 3.63) is 29.3 Å². The molecule has 0 bridgehead atoms. The first-order valence-corrected chi connectivity index (χ1v) is 10.4. The molecule has 0 unspecified atom stereocenters. The number of piperidine rings is 1. The molecule has 1 aliphatic rings. The van der Waals surface area contributed by atoms with Gasteiger partial charge < -0.3 is 5.32 Å². The number of nitrogens with zero attached hydrogens (tertiary/aromatic N) is 1. The molecule has 2 rings (SSSR count). The van der Waals surface area contributed by atoms with Crippen LogP contribution >= 0.6 is 0 Å². The zero-order chi connectivity index (χ0) is 17.7. The van der Waals surface area contributed by atoms with Crippen LogP contribution in [0, 0.1) is 5.92 Å². The molecule has 0 saturated carbocycles. The average Bonchev–Trinajstić information content (AvgIpc) is 2.61. The lowest BCUT2D eigenvalue weighted by atomic mass is 9.97. The maximum Gasteiger partial charge on any atom is 0.228 e. The van der Waals surface area contributed by atoms with Crippen LogP contribution in [-0.4, -0.2) is 37.5 Å².